The summed E-state index contributed by atoms with van der Waals surface area (Å²) in [6.45, 7) is 0. The van der Waals surface area contributed by atoms with Gasteiger partial charge in [-0.05, 0) is 0 Å². The molecule has 0 aromatic heterocycles. The maximum Gasteiger partial charge on any atom is 0 e. The molecule has 0 N–H and O–H groups in total. The maximum atomic E-state index is 0. The second kappa shape index (κ2) is 17.0. The van der Waals surface area contributed by atoms with Crippen LogP contribution >= 0.6 is 0 Å². The van der Waals surface area contributed by atoms with Crippen LogP contribution in [0.3, 0.4) is 0 Å². The molecule has 0 rings (SSSR count). The molecule has 0 saturated heterocycles. The Kier molecular flexibility index (Phi) is 123. The molecule has 0 aliphatic carbocycles. The number of hydrogen-bond acceptors (Lipinski definition) is 0. The van der Waals surface area contributed by atoms with E-state index in [-0.39, 0.29) is 93.3 Å². The number of rotatable bonds is 0. The molecule has 0 unspecified atom stereocenters. The molecular formula is CCeNbTi. The van der Waals surface area contributed by atoms with E-state index in [1.54, 1.807) is 0 Å². The predicted molar refractivity (Wildman–Crippen MR) is 3.24 cm³/mol. The Labute approximate surface area is 91.3 Å². The summed E-state index contributed by atoms with van der Waals surface area (Å²) >= 11 is 0. The van der Waals surface area contributed by atoms with Gasteiger partial charge in [0.2, 0.25) is 0 Å². The summed E-state index contributed by atoms with van der Waals surface area (Å²) in [5.41, 5.74) is 0. The van der Waals surface area contributed by atoms with Crippen LogP contribution in [0.25, 0.3) is 0 Å². The quantitative estimate of drug-likeness (QED) is 0.555. The van der Waals surface area contributed by atoms with Crippen molar-refractivity contribution in [2.45, 2.75) is 0 Å². The van der Waals surface area contributed by atoms with Gasteiger partial charge in [-0.15, -0.1) is 0 Å². The van der Waals surface area contributed by atoms with E-state index in [1.807, 2.05) is 0 Å². The monoisotopic (exact) mass is 293 g/mol. The van der Waals surface area contributed by atoms with Crippen molar-refractivity contribution in [1.82, 2.24) is 0 Å². The van der Waals surface area contributed by atoms with E-state index >= 15 is 0 Å². The number of hydrogen-bond donors (Lipinski definition) is 0. The van der Waals surface area contributed by atoms with Crippen LogP contribution in [0.2, 0.25) is 0 Å². The molecule has 0 spiro atoms. The van der Waals surface area contributed by atoms with Crippen molar-refractivity contribution in [3.8, 4) is 0 Å². The summed E-state index contributed by atoms with van der Waals surface area (Å²) in [5, 5.41) is 0. The topological polar surface area (TPSA) is 0 Å². The summed E-state index contributed by atoms with van der Waals surface area (Å²) in [7, 11) is 0. The Morgan fingerprint density at radius 1 is 1.00 bits per heavy atom. The molecule has 0 aliphatic heterocycles. The van der Waals surface area contributed by atoms with Crippen LogP contribution in [0, 0.1) is 49.2 Å². The van der Waals surface area contributed by atoms with Crippen LogP contribution in [-0.2, 0) is 44.1 Å². The minimum absolute atomic E-state index is 0. The van der Waals surface area contributed by atoms with E-state index < -0.39 is 0 Å². The molecule has 17 valence electrons. The standard InChI is InChI=1S/C.Ce.Nb.Ti. The molecule has 3 heteroatoms. The average Bonchev–Trinajstić information content (AvgIpc) is 0. The zero-order valence-corrected chi connectivity index (χ0v) is 8.85. The molecule has 0 aliphatic rings. The van der Waals surface area contributed by atoms with E-state index in [0.29, 0.717) is 0 Å². The zero-order chi connectivity index (χ0) is 0. The van der Waals surface area contributed by atoms with Gasteiger partial charge >= 0.3 is 0 Å². The van der Waals surface area contributed by atoms with Gasteiger partial charge in [0.05, 0.1) is 0 Å². The van der Waals surface area contributed by atoms with Gasteiger partial charge in [0.15, 0.2) is 0 Å². The van der Waals surface area contributed by atoms with Crippen LogP contribution in [0.1, 0.15) is 0 Å². The fourth-order valence-electron chi connectivity index (χ4n) is 0. The van der Waals surface area contributed by atoms with Crippen molar-refractivity contribution < 1.29 is 85.8 Å². The SMILES string of the molecule is [C].[Ce].[Nb].[Ti]. The molecule has 4 heavy (non-hydrogen) atoms. The molecule has 5 radical (unpaired) electrons. The smallest absolute Gasteiger partial charge is 0 e. The van der Waals surface area contributed by atoms with Crippen LogP contribution in [0.4, 0.5) is 0 Å². The van der Waals surface area contributed by atoms with Crippen molar-refractivity contribution in [3.63, 3.8) is 0 Å². The molecule has 0 bridgehead atoms. The molecule has 0 heterocycles. The normalized spacial score (nSPS) is 0. The van der Waals surface area contributed by atoms with Crippen LogP contribution in [-0.4, -0.2) is 0 Å². The summed E-state index contributed by atoms with van der Waals surface area (Å²) in [6.07, 6.45) is 0. The van der Waals surface area contributed by atoms with Crippen molar-refractivity contribution in [3.05, 3.63) is 7.43 Å². The third-order valence-electron chi connectivity index (χ3n) is 0. The minimum Gasteiger partial charge on any atom is 0 e. The predicted octanol–water partition coefficient (Wildman–Crippen LogP) is 0.0763. The summed E-state index contributed by atoms with van der Waals surface area (Å²) in [4.78, 5) is 0. The van der Waals surface area contributed by atoms with Crippen molar-refractivity contribution in [1.29, 1.82) is 0 Å². The van der Waals surface area contributed by atoms with E-state index in [2.05, 4.69) is 0 Å². The Morgan fingerprint density at radius 3 is 1.00 bits per heavy atom. The Bertz CT molecular complexity index is 8.00. The van der Waals surface area contributed by atoms with Gasteiger partial charge in [0.25, 0.3) is 0 Å². The zero-order valence-electron chi connectivity index (χ0n) is 1.95. The molecule has 0 fully saturated rings. The Hall–Kier alpha value is 2.83. The molecule has 0 aromatic carbocycles. The first-order valence-electron chi connectivity index (χ1n) is 0. The largest absolute Gasteiger partial charge is 0 e. The second-order valence-corrected chi connectivity index (χ2v) is 0. The Morgan fingerprint density at radius 2 is 1.00 bits per heavy atom. The molecule has 0 nitrogen and oxygen atoms in total. The van der Waals surface area contributed by atoms with Gasteiger partial charge in [-0.2, -0.15) is 0 Å². The van der Waals surface area contributed by atoms with Crippen LogP contribution in [0.15, 0.2) is 0 Å². The molecule has 0 atom stereocenters. The first-order chi connectivity index (χ1) is 0. The van der Waals surface area contributed by atoms with Crippen LogP contribution < -0.4 is 0 Å². The molecule has 0 saturated carbocycles. The summed E-state index contributed by atoms with van der Waals surface area (Å²) < 4.78 is 0. The van der Waals surface area contributed by atoms with E-state index in [4.69, 9.17) is 0 Å². The third-order valence-corrected chi connectivity index (χ3v) is 0. The fourth-order valence-corrected chi connectivity index (χ4v) is 0. The van der Waals surface area contributed by atoms with Gasteiger partial charge in [-0.1, -0.05) is 0 Å². The van der Waals surface area contributed by atoms with Crippen molar-refractivity contribution in [2.24, 2.45) is 0 Å². The van der Waals surface area contributed by atoms with Crippen molar-refractivity contribution >= 4 is 0 Å². The average molecular weight is 293 g/mol. The van der Waals surface area contributed by atoms with Gasteiger partial charge in [-0.3, -0.25) is 0 Å². The summed E-state index contributed by atoms with van der Waals surface area (Å²) in [6, 6.07) is 0. The summed E-state index contributed by atoms with van der Waals surface area (Å²) in [5.74, 6) is 0. The Balaban J connectivity index is 0. The fraction of sp³-hybridized carbons (Fsp3) is 0. The van der Waals surface area contributed by atoms with Gasteiger partial charge in [0.1, 0.15) is 0 Å². The maximum absolute atomic E-state index is 0. The molecule has 0 aromatic rings. The van der Waals surface area contributed by atoms with E-state index in [1.165, 1.54) is 0 Å². The van der Waals surface area contributed by atoms with E-state index in [0.717, 1.165) is 0 Å². The van der Waals surface area contributed by atoms with Crippen molar-refractivity contribution in [2.75, 3.05) is 0 Å². The molecule has 0 amide bonds. The minimum atomic E-state index is 0. The first-order valence-corrected chi connectivity index (χ1v) is 0. The van der Waals surface area contributed by atoms with Gasteiger partial charge < -0.3 is 0 Å². The van der Waals surface area contributed by atoms with E-state index in [9.17, 15) is 0 Å². The van der Waals surface area contributed by atoms with Gasteiger partial charge in [-0.25, -0.2) is 0 Å². The third kappa shape index (κ3) is 8.85. The van der Waals surface area contributed by atoms with Gasteiger partial charge in [0, 0.05) is 93.3 Å². The second-order valence-electron chi connectivity index (χ2n) is 0. The first kappa shape index (κ1) is 29.0. The van der Waals surface area contributed by atoms with Crippen LogP contribution in [0.5, 0.6) is 0 Å². The molecular weight excluding hydrogens is 293 g/mol.